The molecule has 2 aromatic rings. The van der Waals surface area contributed by atoms with Crippen molar-refractivity contribution >= 4 is 23.5 Å². The molecule has 2 aliphatic rings. The number of Topliss-reactive ketones (excluding diaryl/α,β-unsaturated/α-hetero) is 1. The van der Waals surface area contributed by atoms with Crippen molar-refractivity contribution in [2.75, 3.05) is 18.5 Å². The molecule has 24 heavy (non-hydrogen) atoms. The number of hydrogen-bond acceptors (Lipinski definition) is 4. The average molecular weight is 321 g/mol. The molecular weight excluding hydrogens is 306 g/mol. The minimum atomic E-state index is -0.180. The number of fused-ring (bicyclic) bond motifs is 2. The molecule has 2 heterocycles. The van der Waals surface area contributed by atoms with E-state index in [1.165, 1.54) is 0 Å². The number of rotatable bonds is 1. The zero-order chi connectivity index (χ0) is 16.5. The number of anilines is 1. The zero-order valence-corrected chi connectivity index (χ0v) is 12.9. The molecular formula is C19H15NO4. The SMILES string of the molecule is O=C1COc2ccc(C=C3CCOc4ccccc4C3=O)cc2N1. The normalized spacial score (nSPS) is 17.9. The van der Waals surface area contributed by atoms with Gasteiger partial charge in [-0.3, -0.25) is 9.59 Å². The predicted molar refractivity (Wildman–Crippen MR) is 89.4 cm³/mol. The summed E-state index contributed by atoms with van der Waals surface area (Å²) in [5, 5.41) is 2.77. The van der Waals surface area contributed by atoms with Crippen LogP contribution in [0.25, 0.3) is 6.08 Å². The molecule has 120 valence electrons. The van der Waals surface area contributed by atoms with Gasteiger partial charge >= 0.3 is 0 Å². The van der Waals surface area contributed by atoms with E-state index in [2.05, 4.69) is 5.32 Å². The van der Waals surface area contributed by atoms with Crippen molar-refractivity contribution in [1.29, 1.82) is 0 Å². The molecule has 1 amide bonds. The van der Waals surface area contributed by atoms with E-state index in [-0.39, 0.29) is 18.3 Å². The number of carbonyl (C=O) groups is 2. The molecule has 0 spiro atoms. The largest absolute Gasteiger partial charge is 0.492 e. The minimum absolute atomic E-state index is 0.0268. The predicted octanol–water partition coefficient (Wildman–Crippen LogP) is 3.07. The number of nitrogens with one attached hydrogen (secondary N) is 1. The third-order valence-corrected chi connectivity index (χ3v) is 4.03. The Morgan fingerprint density at radius 1 is 1.00 bits per heavy atom. The van der Waals surface area contributed by atoms with Crippen LogP contribution in [-0.2, 0) is 4.79 Å². The Morgan fingerprint density at radius 3 is 2.79 bits per heavy atom. The highest BCUT2D eigenvalue weighted by Gasteiger charge is 2.21. The van der Waals surface area contributed by atoms with Gasteiger partial charge in [-0.1, -0.05) is 18.2 Å². The second kappa shape index (κ2) is 5.85. The number of amides is 1. The van der Waals surface area contributed by atoms with E-state index in [4.69, 9.17) is 9.47 Å². The molecule has 0 bridgehead atoms. The van der Waals surface area contributed by atoms with Crippen molar-refractivity contribution in [3.63, 3.8) is 0 Å². The average Bonchev–Trinajstić information content (AvgIpc) is 2.75. The lowest BCUT2D eigenvalue weighted by atomic mass is 9.99. The van der Waals surface area contributed by atoms with Crippen LogP contribution >= 0.6 is 0 Å². The summed E-state index contributed by atoms with van der Waals surface area (Å²) < 4.78 is 11.0. The van der Waals surface area contributed by atoms with Gasteiger partial charge in [-0.2, -0.15) is 0 Å². The molecule has 0 fully saturated rings. The van der Waals surface area contributed by atoms with Gasteiger partial charge in [-0.25, -0.2) is 0 Å². The van der Waals surface area contributed by atoms with Gasteiger partial charge in [0.25, 0.3) is 5.91 Å². The fourth-order valence-electron chi connectivity index (χ4n) is 2.87. The molecule has 0 aliphatic carbocycles. The molecule has 5 heteroatoms. The van der Waals surface area contributed by atoms with Crippen LogP contribution in [0.3, 0.4) is 0 Å². The first-order valence-electron chi connectivity index (χ1n) is 7.74. The number of carbonyl (C=O) groups excluding carboxylic acids is 2. The Labute approximate surface area is 138 Å². The molecule has 5 nitrogen and oxygen atoms in total. The summed E-state index contributed by atoms with van der Waals surface area (Å²) in [6.07, 6.45) is 2.38. The summed E-state index contributed by atoms with van der Waals surface area (Å²) in [6, 6.07) is 12.7. The quantitative estimate of drug-likeness (QED) is 0.820. The fourth-order valence-corrected chi connectivity index (χ4v) is 2.87. The molecule has 2 aliphatic heterocycles. The Balaban J connectivity index is 1.69. The smallest absolute Gasteiger partial charge is 0.262 e. The van der Waals surface area contributed by atoms with Crippen LogP contribution in [0.15, 0.2) is 48.0 Å². The van der Waals surface area contributed by atoms with Gasteiger partial charge in [-0.15, -0.1) is 0 Å². The lowest BCUT2D eigenvalue weighted by molar-refractivity contribution is -0.118. The Hall–Kier alpha value is -3.08. The van der Waals surface area contributed by atoms with E-state index >= 15 is 0 Å². The molecule has 2 aromatic carbocycles. The summed E-state index contributed by atoms with van der Waals surface area (Å²) in [5.74, 6) is 1.05. The number of ketones is 1. The van der Waals surface area contributed by atoms with E-state index in [0.29, 0.717) is 41.4 Å². The van der Waals surface area contributed by atoms with Gasteiger partial charge in [-0.05, 0) is 35.9 Å². The number of ether oxygens (including phenoxy) is 2. The standard InChI is InChI=1S/C19H15NO4/c21-18-11-24-17-6-5-12(10-15(17)20-18)9-13-7-8-23-16-4-2-1-3-14(16)19(13)22/h1-6,9-10H,7-8,11H2,(H,20,21). The first-order valence-corrected chi connectivity index (χ1v) is 7.74. The van der Waals surface area contributed by atoms with Crippen LogP contribution in [0.5, 0.6) is 11.5 Å². The van der Waals surface area contributed by atoms with Crippen molar-refractivity contribution in [3.8, 4) is 11.5 Å². The topological polar surface area (TPSA) is 64.6 Å². The second-order valence-electron chi connectivity index (χ2n) is 5.69. The minimum Gasteiger partial charge on any atom is -0.492 e. The van der Waals surface area contributed by atoms with Crippen molar-refractivity contribution in [1.82, 2.24) is 0 Å². The molecule has 0 aromatic heterocycles. The van der Waals surface area contributed by atoms with Crippen LogP contribution < -0.4 is 14.8 Å². The second-order valence-corrected chi connectivity index (χ2v) is 5.69. The highest BCUT2D eigenvalue weighted by atomic mass is 16.5. The molecule has 0 unspecified atom stereocenters. The fraction of sp³-hybridized carbons (Fsp3) is 0.158. The third kappa shape index (κ3) is 2.65. The van der Waals surface area contributed by atoms with Crippen LogP contribution in [0.4, 0.5) is 5.69 Å². The van der Waals surface area contributed by atoms with Crippen LogP contribution in [0.2, 0.25) is 0 Å². The zero-order valence-electron chi connectivity index (χ0n) is 12.9. The van der Waals surface area contributed by atoms with E-state index in [9.17, 15) is 9.59 Å². The van der Waals surface area contributed by atoms with Crippen molar-refractivity contribution in [2.24, 2.45) is 0 Å². The van der Waals surface area contributed by atoms with Crippen LogP contribution in [-0.4, -0.2) is 24.9 Å². The van der Waals surface area contributed by atoms with Crippen molar-refractivity contribution < 1.29 is 19.1 Å². The molecule has 0 saturated heterocycles. The first kappa shape index (κ1) is 14.5. The maximum absolute atomic E-state index is 12.7. The summed E-state index contributed by atoms with van der Waals surface area (Å²) in [6.45, 7) is 0.486. The van der Waals surface area contributed by atoms with E-state index < -0.39 is 0 Å². The van der Waals surface area contributed by atoms with Crippen molar-refractivity contribution in [3.05, 3.63) is 59.2 Å². The van der Waals surface area contributed by atoms with Crippen LogP contribution in [0, 0.1) is 0 Å². The van der Waals surface area contributed by atoms with Crippen LogP contribution in [0.1, 0.15) is 22.3 Å². The van der Waals surface area contributed by atoms with E-state index in [0.717, 1.165) is 5.56 Å². The number of benzene rings is 2. The lowest BCUT2D eigenvalue weighted by Gasteiger charge is -2.18. The van der Waals surface area contributed by atoms with Gasteiger partial charge in [0, 0.05) is 12.0 Å². The molecule has 1 N–H and O–H groups in total. The third-order valence-electron chi connectivity index (χ3n) is 4.03. The molecule has 0 radical (unpaired) electrons. The van der Waals surface area contributed by atoms with E-state index in [1.807, 2.05) is 36.4 Å². The van der Waals surface area contributed by atoms with Crippen molar-refractivity contribution in [2.45, 2.75) is 6.42 Å². The Morgan fingerprint density at radius 2 is 1.88 bits per heavy atom. The highest BCUT2D eigenvalue weighted by molar-refractivity contribution is 6.13. The lowest BCUT2D eigenvalue weighted by Crippen LogP contribution is -2.25. The summed E-state index contributed by atoms with van der Waals surface area (Å²) in [7, 11) is 0. The maximum Gasteiger partial charge on any atom is 0.262 e. The van der Waals surface area contributed by atoms with Gasteiger partial charge in [0.05, 0.1) is 17.9 Å². The van der Waals surface area contributed by atoms with Gasteiger partial charge in [0.15, 0.2) is 12.4 Å². The van der Waals surface area contributed by atoms with Gasteiger partial charge < -0.3 is 14.8 Å². The summed E-state index contributed by atoms with van der Waals surface area (Å²) in [4.78, 5) is 24.2. The summed E-state index contributed by atoms with van der Waals surface area (Å²) in [5.41, 5.74) is 2.72. The molecule has 0 atom stereocenters. The first-order chi connectivity index (χ1) is 11.7. The molecule has 0 saturated carbocycles. The number of hydrogen-bond donors (Lipinski definition) is 1. The number of para-hydroxylation sites is 1. The molecule has 4 rings (SSSR count). The summed E-state index contributed by atoms with van der Waals surface area (Å²) >= 11 is 0. The van der Waals surface area contributed by atoms with Gasteiger partial charge in [0.2, 0.25) is 0 Å². The Bertz CT molecular complexity index is 869. The maximum atomic E-state index is 12.7. The Kier molecular flexibility index (Phi) is 3.54. The van der Waals surface area contributed by atoms with E-state index in [1.54, 1.807) is 12.1 Å². The van der Waals surface area contributed by atoms with Gasteiger partial charge in [0.1, 0.15) is 11.5 Å². The highest BCUT2D eigenvalue weighted by Crippen LogP contribution is 2.31. The monoisotopic (exact) mass is 321 g/mol.